The van der Waals surface area contributed by atoms with Crippen LogP contribution < -0.4 is 10.1 Å². The molecular formula is C19H15BrClIN2O2. The first-order valence-corrected chi connectivity index (χ1v) is 9.91. The summed E-state index contributed by atoms with van der Waals surface area (Å²) in [6.07, 6.45) is 1.54. The Morgan fingerprint density at radius 1 is 1.42 bits per heavy atom. The fraction of sp³-hybridized carbons (Fsp3) is 0.158. The third kappa shape index (κ3) is 5.22. The van der Waals surface area contributed by atoms with Crippen LogP contribution in [0.1, 0.15) is 18.1 Å². The van der Waals surface area contributed by atoms with Gasteiger partial charge in [-0.2, -0.15) is 5.26 Å². The van der Waals surface area contributed by atoms with Gasteiger partial charge in [0.05, 0.1) is 14.6 Å². The van der Waals surface area contributed by atoms with Gasteiger partial charge in [-0.3, -0.25) is 4.79 Å². The summed E-state index contributed by atoms with van der Waals surface area (Å²) in [5.41, 5.74) is 2.15. The molecular weight excluding hydrogens is 530 g/mol. The van der Waals surface area contributed by atoms with E-state index in [0.29, 0.717) is 17.3 Å². The van der Waals surface area contributed by atoms with Gasteiger partial charge < -0.3 is 10.1 Å². The molecule has 2 aromatic carbocycles. The highest BCUT2D eigenvalue weighted by Gasteiger charge is 2.13. The van der Waals surface area contributed by atoms with Crippen LogP contribution in [-0.4, -0.2) is 12.5 Å². The lowest BCUT2D eigenvalue weighted by Crippen LogP contribution is -2.14. The van der Waals surface area contributed by atoms with Crippen molar-refractivity contribution in [1.29, 1.82) is 5.26 Å². The number of amides is 1. The van der Waals surface area contributed by atoms with Crippen LogP contribution in [-0.2, 0) is 4.79 Å². The van der Waals surface area contributed by atoms with E-state index in [1.807, 2.05) is 32.0 Å². The number of hydrogen-bond acceptors (Lipinski definition) is 3. The number of nitrogens with zero attached hydrogens (tertiary/aromatic N) is 1. The van der Waals surface area contributed by atoms with E-state index < -0.39 is 5.91 Å². The molecule has 0 unspecified atom stereocenters. The molecule has 134 valence electrons. The van der Waals surface area contributed by atoms with Gasteiger partial charge in [-0.15, -0.1) is 0 Å². The molecule has 0 atom stereocenters. The molecule has 7 heteroatoms. The number of anilines is 1. The van der Waals surface area contributed by atoms with E-state index in [2.05, 4.69) is 43.8 Å². The van der Waals surface area contributed by atoms with Crippen molar-refractivity contribution in [3.8, 4) is 11.8 Å². The molecule has 0 bridgehead atoms. The lowest BCUT2D eigenvalue weighted by atomic mass is 10.1. The van der Waals surface area contributed by atoms with Gasteiger partial charge in [-0.1, -0.05) is 17.7 Å². The number of ether oxygens (including phenoxy) is 1. The Labute approximate surface area is 179 Å². The van der Waals surface area contributed by atoms with E-state index in [-0.39, 0.29) is 5.57 Å². The van der Waals surface area contributed by atoms with Crippen molar-refractivity contribution in [2.24, 2.45) is 0 Å². The van der Waals surface area contributed by atoms with Crippen LogP contribution >= 0.6 is 50.1 Å². The van der Waals surface area contributed by atoms with Crippen molar-refractivity contribution >= 4 is 67.8 Å². The second kappa shape index (κ2) is 9.40. The molecule has 2 aromatic rings. The molecule has 0 aliphatic rings. The fourth-order valence-electron chi connectivity index (χ4n) is 2.18. The summed E-state index contributed by atoms with van der Waals surface area (Å²) in [6.45, 7) is 4.31. The largest absolute Gasteiger partial charge is 0.492 e. The molecule has 0 aromatic heterocycles. The van der Waals surface area contributed by atoms with Crippen molar-refractivity contribution in [3.05, 3.63) is 60.1 Å². The first-order chi connectivity index (χ1) is 12.3. The number of hydrogen-bond donors (Lipinski definition) is 1. The minimum atomic E-state index is -0.488. The highest BCUT2D eigenvalue weighted by Crippen LogP contribution is 2.32. The fourth-order valence-corrected chi connectivity index (χ4v) is 4.12. The molecule has 2 rings (SSSR count). The van der Waals surface area contributed by atoms with E-state index in [1.54, 1.807) is 18.2 Å². The van der Waals surface area contributed by atoms with Crippen LogP contribution in [0.4, 0.5) is 5.69 Å². The summed E-state index contributed by atoms with van der Waals surface area (Å²) in [4.78, 5) is 12.5. The quantitative estimate of drug-likeness (QED) is 0.287. The minimum absolute atomic E-state index is 0.00349. The normalized spacial score (nSPS) is 11.0. The zero-order valence-electron chi connectivity index (χ0n) is 14.1. The molecule has 0 aliphatic carbocycles. The third-order valence-corrected chi connectivity index (χ3v) is 5.06. The van der Waals surface area contributed by atoms with E-state index in [4.69, 9.17) is 16.3 Å². The zero-order chi connectivity index (χ0) is 19.3. The number of carbonyl (C=O) groups excluding carboxylic acids is 1. The lowest BCUT2D eigenvalue weighted by Gasteiger charge is -2.10. The maximum Gasteiger partial charge on any atom is 0.266 e. The first kappa shape index (κ1) is 20.7. The highest BCUT2D eigenvalue weighted by molar-refractivity contribution is 14.1. The highest BCUT2D eigenvalue weighted by atomic mass is 127. The minimum Gasteiger partial charge on any atom is -0.492 e. The molecule has 0 spiro atoms. The molecule has 0 aliphatic heterocycles. The number of carbonyl (C=O) groups is 1. The third-order valence-electron chi connectivity index (χ3n) is 3.43. The number of nitriles is 1. The zero-order valence-corrected chi connectivity index (χ0v) is 18.6. The molecule has 0 heterocycles. The van der Waals surface area contributed by atoms with Gasteiger partial charge in [0.15, 0.2) is 0 Å². The van der Waals surface area contributed by atoms with E-state index >= 15 is 0 Å². The molecule has 4 nitrogen and oxygen atoms in total. The van der Waals surface area contributed by atoms with Crippen LogP contribution in [0.3, 0.4) is 0 Å². The van der Waals surface area contributed by atoms with Gasteiger partial charge in [0.25, 0.3) is 5.91 Å². The second-order valence-electron chi connectivity index (χ2n) is 5.33. The Hall–Kier alpha value is -1.56. The van der Waals surface area contributed by atoms with Crippen LogP contribution in [0.5, 0.6) is 5.75 Å². The predicted octanol–water partition coefficient (Wildman–Crippen LogP) is 5.96. The van der Waals surface area contributed by atoms with Crippen LogP contribution in [0.15, 0.2) is 40.4 Å². The van der Waals surface area contributed by atoms with E-state index in [1.165, 1.54) is 6.08 Å². The number of nitrogens with one attached hydrogen (secondary N) is 1. The first-order valence-electron chi connectivity index (χ1n) is 7.66. The molecule has 26 heavy (non-hydrogen) atoms. The van der Waals surface area contributed by atoms with Crippen molar-refractivity contribution in [1.82, 2.24) is 0 Å². The van der Waals surface area contributed by atoms with Gasteiger partial charge in [-0.05, 0) is 93.8 Å². The SMILES string of the molecule is CCOc1c(Br)cc(/C=C(\C#N)C(=O)Nc2cc(Cl)ccc2C)cc1I. The molecule has 1 N–H and O–H groups in total. The average molecular weight is 546 g/mol. The van der Waals surface area contributed by atoms with Crippen molar-refractivity contribution in [2.75, 3.05) is 11.9 Å². The van der Waals surface area contributed by atoms with Gasteiger partial charge in [-0.25, -0.2) is 0 Å². The van der Waals surface area contributed by atoms with Crippen molar-refractivity contribution in [3.63, 3.8) is 0 Å². The second-order valence-corrected chi connectivity index (χ2v) is 7.78. The van der Waals surface area contributed by atoms with Gasteiger partial charge in [0, 0.05) is 10.7 Å². The Balaban J connectivity index is 2.31. The van der Waals surface area contributed by atoms with Crippen LogP contribution in [0.25, 0.3) is 6.08 Å². The van der Waals surface area contributed by atoms with Crippen molar-refractivity contribution < 1.29 is 9.53 Å². The summed E-state index contributed by atoms with van der Waals surface area (Å²) in [7, 11) is 0. The average Bonchev–Trinajstić information content (AvgIpc) is 2.59. The summed E-state index contributed by atoms with van der Waals surface area (Å²) in [5, 5.41) is 12.6. The number of aryl methyl sites for hydroxylation is 1. The lowest BCUT2D eigenvalue weighted by molar-refractivity contribution is -0.112. The molecule has 0 fully saturated rings. The van der Waals surface area contributed by atoms with Crippen LogP contribution in [0.2, 0.25) is 5.02 Å². The maximum atomic E-state index is 12.5. The maximum absolute atomic E-state index is 12.5. The Morgan fingerprint density at radius 2 is 2.15 bits per heavy atom. The Kier molecular flexibility index (Phi) is 7.50. The Morgan fingerprint density at radius 3 is 2.77 bits per heavy atom. The number of rotatable bonds is 5. The van der Waals surface area contributed by atoms with Gasteiger partial charge in [0.1, 0.15) is 17.4 Å². The standard InChI is InChI=1S/C19H15BrClIN2O2/c1-3-26-18-15(20)7-12(8-16(18)22)6-13(10-23)19(25)24-17-9-14(21)5-4-11(17)2/h4-9H,3H2,1-2H3,(H,24,25)/b13-6+. The van der Waals surface area contributed by atoms with E-state index in [9.17, 15) is 10.1 Å². The topological polar surface area (TPSA) is 62.1 Å². The summed E-state index contributed by atoms with van der Waals surface area (Å²) >= 11 is 11.6. The van der Waals surface area contributed by atoms with Crippen LogP contribution in [0, 0.1) is 21.8 Å². The monoisotopic (exact) mass is 544 g/mol. The smallest absolute Gasteiger partial charge is 0.266 e. The molecule has 0 saturated carbocycles. The number of benzene rings is 2. The predicted molar refractivity (Wildman–Crippen MR) is 116 cm³/mol. The summed E-state index contributed by atoms with van der Waals surface area (Å²) in [6, 6.07) is 10.8. The molecule has 0 radical (unpaired) electrons. The van der Waals surface area contributed by atoms with Gasteiger partial charge >= 0.3 is 0 Å². The van der Waals surface area contributed by atoms with E-state index in [0.717, 1.165) is 24.9 Å². The molecule has 0 saturated heterocycles. The molecule has 1 amide bonds. The number of halogens is 3. The Bertz CT molecular complexity index is 899. The summed E-state index contributed by atoms with van der Waals surface area (Å²) in [5.74, 6) is 0.251. The summed E-state index contributed by atoms with van der Waals surface area (Å²) < 4.78 is 7.22. The van der Waals surface area contributed by atoms with Crippen molar-refractivity contribution in [2.45, 2.75) is 13.8 Å². The van der Waals surface area contributed by atoms with Gasteiger partial charge in [0.2, 0.25) is 0 Å².